The SMILES string of the molecule is CCCCCCC1(O)CCCC(C)C1C. The Morgan fingerprint density at radius 3 is 2.60 bits per heavy atom. The largest absolute Gasteiger partial charge is 0.390 e. The van der Waals surface area contributed by atoms with Gasteiger partial charge in [0, 0.05) is 0 Å². The third kappa shape index (κ3) is 3.48. The molecule has 0 aromatic carbocycles. The Bertz CT molecular complexity index is 178. The molecule has 1 nitrogen and oxygen atoms in total. The van der Waals surface area contributed by atoms with Crippen LogP contribution in [0.15, 0.2) is 0 Å². The van der Waals surface area contributed by atoms with E-state index in [1.165, 1.54) is 38.5 Å². The van der Waals surface area contributed by atoms with Crippen molar-refractivity contribution < 1.29 is 5.11 Å². The Kier molecular flexibility index (Phi) is 5.11. The lowest BCUT2D eigenvalue weighted by Crippen LogP contribution is -2.42. The lowest BCUT2D eigenvalue weighted by Gasteiger charge is -2.42. The average Bonchev–Trinajstić information content (AvgIpc) is 2.21. The molecule has 1 aliphatic rings. The molecule has 0 aromatic heterocycles. The molecule has 1 N–H and O–H groups in total. The Morgan fingerprint density at radius 2 is 1.93 bits per heavy atom. The monoisotopic (exact) mass is 212 g/mol. The predicted octanol–water partition coefficient (Wildman–Crippen LogP) is 4.14. The van der Waals surface area contributed by atoms with Crippen molar-refractivity contribution in [2.45, 2.75) is 77.7 Å². The van der Waals surface area contributed by atoms with Crippen LogP contribution in [0.25, 0.3) is 0 Å². The van der Waals surface area contributed by atoms with Gasteiger partial charge in [-0.1, -0.05) is 59.3 Å². The van der Waals surface area contributed by atoms with E-state index in [1.54, 1.807) is 0 Å². The van der Waals surface area contributed by atoms with E-state index in [0.29, 0.717) is 11.8 Å². The van der Waals surface area contributed by atoms with Gasteiger partial charge in [-0.25, -0.2) is 0 Å². The molecule has 1 aliphatic carbocycles. The number of hydrogen-bond acceptors (Lipinski definition) is 1. The van der Waals surface area contributed by atoms with E-state index in [9.17, 15) is 5.11 Å². The first-order valence-electron chi connectivity index (χ1n) is 6.82. The minimum atomic E-state index is -0.342. The van der Waals surface area contributed by atoms with Crippen molar-refractivity contribution in [1.29, 1.82) is 0 Å². The summed E-state index contributed by atoms with van der Waals surface area (Å²) in [6, 6.07) is 0. The molecule has 3 atom stereocenters. The first-order chi connectivity index (χ1) is 7.10. The van der Waals surface area contributed by atoms with Gasteiger partial charge in [-0.05, 0) is 24.7 Å². The van der Waals surface area contributed by atoms with Gasteiger partial charge in [0.25, 0.3) is 0 Å². The smallest absolute Gasteiger partial charge is 0.0675 e. The van der Waals surface area contributed by atoms with E-state index in [1.807, 2.05) is 0 Å². The minimum absolute atomic E-state index is 0.342. The molecule has 3 unspecified atom stereocenters. The number of aliphatic hydroxyl groups is 1. The molecule has 90 valence electrons. The Hall–Kier alpha value is -0.0400. The third-order valence-electron chi connectivity index (χ3n) is 4.43. The summed E-state index contributed by atoms with van der Waals surface area (Å²) in [4.78, 5) is 0. The predicted molar refractivity (Wildman–Crippen MR) is 65.9 cm³/mol. The van der Waals surface area contributed by atoms with Gasteiger partial charge in [-0.2, -0.15) is 0 Å². The maximum Gasteiger partial charge on any atom is 0.0675 e. The summed E-state index contributed by atoms with van der Waals surface area (Å²) < 4.78 is 0. The summed E-state index contributed by atoms with van der Waals surface area (Å²) >= 11 is 0. The molecular weight excluding hydrogens is 184 g/mol. The molecule has 1 heteroatoms. The van der Waals surface area contributed by atoms with Crippen LogP contribution in [0, 0.1) is 11.8 Å². The second kappa shape index (κ2) is 5.89. The van der Waals surface area contributed by atoms with Crippen LogP contribution < -0.4 is 0 Å². The summed E-state index contributed by atoms with van der Waals surface area (Å²) in [6.45, 7) is 6.77. The van der Waals surface area contributed by atoms with Crippen molar-refractivity contribution in [3.05, 3.63) is 0 Å². The molecule has 0 aromatic rings. The molecule has 0 aliphatic heterocycles. The van der Waals surface area contributed by atoms with E-state index in [0.717, 1.165) is 12.8 Å². The summed E-state index contributed by atoms with van der Waals surface area (Å²) in [5.74, 6) is 1.20. The fourth-order valence-electron chi connectivity index (χ4n) is 2.95. The van der Waals surface area contributed by atoms with Crippen LogP contribution in [0.2, 0.25) is 0 Å². The fourth-order valence-corrected chi connectivity index (χ4v) is 2.95. The van der Waals surface area contributed by atoms with Crippen LogP contribution >= 0.6 is 0 Å². The van der Waals surface area contributed by atoms with E-state index >= 15 is 0 Å². The zero-order chi connectivity index (χ0) is 11.3. The van der Waals surface area contributed by atoms with Gasteiger partial charge in [0.15, 0.2) is 0 Å². The first kappa shape index (κ1) is 13.0. The van der Waals surface area contributed by atoms with Gasteiger partial charge >= 0.3 is 0 Å². The summed E-state index contributed by atoms with van der Waals surface area (Å²) in [5, 5.41) is 10.6. The number of unbranched alkanes of at least 4 members (excludes halogenated alkanes) is 3. The molecule has 1 rings (SSSR count). The van der Waals surface area contributed by atoms with Crippen LogP contribution in [0.1, 0.15) is 72.1 Å². The van der Waals surface area contributed by atoms with Gasteiger partial charge in [0.05, 0.1) is 5.60 Å². The van der Waals surface area contributed by atoms with Crippen molar-refractivity contribution >= 4 is 0 Å². The summed E-state index contributed by atoms with van der Waals surface area (Å²) in [7, 11) is 0. The van der Waals surface area contributed by atoms with Gasteiger partial charge in [0.2, 0.25) is 0 Å². The molecule has 0 amide bonds. The lowest BCUT2D eigenvalue weighted by atomic mass is 9.68. The van der Waals surface area contributed by atoms with Crippen molar-refractivity contribution in [1.82, 2.24) is 0 Å². The zero-order valence-corrected chi connectivity index (χ0v) is 10.8. The molecule has 0 spiro atoms. The third-order valence-corrected chi connectivity index (χ3v) is 4.43. The van der Waals surface area contributed by atoms with E-state index < -0.39 is 0 Å². The summed E-state index contributed by atoms with van der Waals surface area (Å²) in [5.41, 5.74) is -0.342. The van der Waals surface area contributed by atoms with E-state index in [2.05, 4.69) is 20.8 Å². The Balaban J connectivity index is 2.35. The highest BCUT2D eigenvalue weighted by molar-refractivity contribution is 4.90. The highest BCUT2D eigenvalue weighted by atomic mass is 16.3. The van der Waals surface area contributed by atoms with Gasteiger partial charge in [0.1, 0.15) is 0 Å². The Morgan fingerprint density at radius 1 is 1.20 bits per heavy atom. The standard InChI is InChI=1S/C14H28O/c1-4-5-6-7-10-14(15)11-8-9-12(2)13(14)3/h12-13,15H,4-11H2,1-3H3. The van der Waals surface area contributed by atoms with Crippen molar-refractivity contribution in [2.24, 2.45) is 11.8 Å². The maximum atomic E-state index is 10.6. The highest BCUT2D eigenvalue weighted by Gasteiger charge is 2.38. The van der Waals surface area contributed by atoms with Crippen LogP contribution in [0.4, 0.5) is 0 Å². The molecule has 0 bridgehead atoms. The van der Waals surface area contributed by atoms with Crippen LogP contribution in [-0.2, 0) is 0 Å². The Labute approximate surface area is 95.3 Å². The molecular formula is C14H28O. The van der Waals surface area contributed by atoms with Crippen molar-refractivity contribution in [3.8, 4) is 0 Å². The first-order valence-corrected chi connectivity index (χ1v) is 6.82. The zero-order valence-electron chi connectivity index (χ0n) is 10.8. The van der Waals surface area contributed by atoms with Gasteiger partial charge in [-0.3, -0.25) is 0 Å². The average molecular weight is 212 g/mol. The van der Waals surface area contributed by atoms with Crippen LogP contribution in [0.3, 0.4) is 0 Å². The molecule has 0 radical (unpaired) electrons. The minimum Gasteiger partial charge on any atom is -0.390 e. The molecule has 15 heavy (non-hydrogen) atoms. The van der Waals surface area contributed by atoms with Crippen molar-refractivity contribution in [3.63, 3.8) is 0 Å². The quantitative estimate of drug-likeness (QED) is 0.679. The van der Waals surface area contributed by atoms with E-state index in [-0.39, 0.29) is 5.60 Å². The second-order valence-electron chi connectivity index (χ2n) is 5.57. The van der Waals surface area contributed by atoms with E-state index in [4.69, 9.17) is 0 Å². The molecule has 0 heterocycles. The topological polar surface area (TPSA) is 20.2 Å². The highest BCUT2D eigenvalue weighted by Crippen LogP contribution is 2.40. The lowest BCUT2D eigenvalue weighted by molar-refractivity contribution is -0.0702. The van der Waals surface area contributed by atoms with Crippen LogP contribution in [-0.4, -0.2) is 10.7 Å². The van der Waals surface area contributed by atoms with Gasteiger partial charge in [-0.15, -0.1) is 0 Å². The van der Waals surface area contributed by atoms with Gasteiger partial charge < -0.3 is 5.11 Å². The molecule has 0 saturated heterocycles. The normalized spacial score (nSPS) is 36.8. The fraction of sp³-hybridized carbons (Fsp3) is 1.00. The summed E-state index contributed by atoms with van der Waals surface area (Å²) in [6.07, 6.45) is 9.68. The molecule has 1 fully saturated rings. The number of hydrogen-bond donors (Lipinski definition) is 1. The second-order valence-corrected chi connectivity index (χ2v) is 5.57. The molecule has 1 saturated carbocycles. The van der Waals surface area contributed by atoms with Crippen LogP contribution in [0.5, 0.6) is 0 Å². The maximum absolute atomic E-state index is 10.6. The number of rotatable bonds is 5. The van der Waals surface area contributed by atoms with Crippen molar-refractivity contribution in [2.75, 3.05) is 0 Å².